The van der Waals surface area contributed by atoms with Crippen molar-refractivity contribution >= 4 is 73.6 Å². The third-order valence-electron chi connectivity index (χ3n) is 4.73. The van der Waals surface area contributed by atoms with E-state index in [1.54, 1.807) is 19.1 Å². The Morgan fingerprint density at radius 1 is 1.25 bits per heavy atom. The van der Waals surface area contributed by atoms with Crippen LogP contribution in [0.3, 0.4) is 0 Å². The van der Waals surface area contributed by atoms with Crippen LogP contribution in [0.25, 0.3) is 5.57 Å². The highest BCUT2D eigenvalue weighted by Gasteiger charge is 2.58. The van der Waals surface area contributed by atoms with Crippen LogP contribution in [0.5, 0.6) is 0 Å². The predicted molar refractivity (Wildman–Crippen MR) is 126 cm³/mol. The van der Waals surface area contributed by atoms with Crippen molar-refractivity contribution in [1.82, 2.24) is 0 Å². The molecule has 0 radical (unpaired) electrons. The molecule has 172 valence electrons. The zero-order chi connectivity index (χ0) is 23.7. The fraction of sp³-hybridized carbons (Fsp3) is 0.286. The Balaban J connectivity index is 1.88. The Morgan fingerprint density at radius 2 is 1.91 bits per heavy atom. The highest BCUT2D eigenvalue weighted by molar-refractivity contribution is 9.10. The lowest BCUT2D eigenvalue weighted by Gasteiger charge is -2.32. The van der Waals surface area contributed by atoms with Gasteiger partial charge in [-0.2, -0.15) is 13.2 Å². The van der Waals surface area contributed by atoms with Crippen LogP contribution in [-0.2, 0) is 25.5 Å². The van der Waals surface area contributed by atoms with Crippen LogP contribution in [0, 0.1) is 0 Å². The van der Waals surface area contributed by atoms with Crippen molar-refractivity contribution < 1.29 is 27.3 Å². The van der Waals surface area contributed by atoms with Gasteiger partial charge in [0.1, 0.15) is 4.75 Å². The van der Waals surface area contributed by atoms with Crippen molar-refractivity contribution in [3.05, 3.63) is 67.5 Å². The summed E-state index contributed by atoms with van der Waals surface area (Å²) in [4.78, 5) is 12.0. The summed E-state index contributed by atoms with van der Waals surface area (Å²) in [6.45, 7) is 1.83. The molecule has 1 aliphatic heterocycles. The molecule has 2 aromatic carbocycles. The molecular formula is C21H16BrCl2F3O3S2. The monoisotopic (exact) mass is 586 g/mol. The number of hydrogen-bond acceptors (Lipinski definition) is 4. The molecule has 1 heterocycles. The summed E-state index contributed by atoms with van der Waals surface area (Å²) in [5.41, 5.74) is 0.984. The average molecular weight is 588 g/mol. The van der Waals surface area contributed by atoms with Gasteiger partial charge in [-0.1, -0.05) is 23.2 Å². The first-order valence-corrected chi connectivity index (χ1v) is 13.0. The van der Waals surface area contributed by atoms with Gasteiger partial charge >= 0.3 is 12.1 Å². The Labute approximate surface area is 209 Å². The number of carbonyl (C=O) groups excluding carboxylic acids is 1. The molecule has 2 atom stereocenters. The normalized spacial score (nSPS) is 19.6. The molecule has 2 aromatic rings. The van der Waals surface area contributed by atoms with E-state index in [0.29, 0.717) is 32.3 Å². The molecule has 11 heteroatoms. The minimum atomic E-state index is -4.57. The minimum absolute atomic E-state index is 0.0232. The van der Waals surface area contributed by atoms with E-state index in [0.717, 1.165) is 0 Å². The second kappa shape index (κ2) is 10.2. The number of hydrogen-bond donors (Lipinski definition) is 0. The summed E-state index contributed by atoms with van der Waals surface area (Å²) in [5, 5.41) is 1.72. The molecule has 0 saturated carbocycles. The zero-order valence-electron chi connectivity index (χ0n) is 16.5. The van der Waals surface area contributed by atoms with E-state index in [4.69, 9.17) is 27.9 Å². The van der Waals surface area contributed by atoms with Gasteiger partial charge in [0.15, 0.2) is 4.90 Å². The summed E-state index contributed by atoms with van der Waals surface area (Å²) in [5.74, 6) is -0.899. The molecule has 0 spiro atoms. The van der Waals surface area contributed by atoms with E-state index in [9.17, 15) is 22.5 Å². The molecule has 3 nitrogen and oxygen atoms in total. The van der Waals surface area contributed by atoms with Crippen molar-refractivity contribution in [3.8, 4) is 0 Å². The molecule has 0 fully saturated rings. The van der Waals surface area contributed by atoms with E-state index in [1.165, 1.54) is 29.7 Å². The van der Waals surface area contributed by atoms with Crippen LogP contribution in [0.15, 0.2) is 51.2 Å². The topological polar surface area (TPSA) is 49.4 Å². The summed E-state index contributed by atoms with van der Waals surface area (Å²) >= 11 is 14.3. The second-order valence-electron chi connectivity index (χ2n) is 6.86. The van der Waals surface area contributed by atoms with Gasteiger partial charge in [0, 0.05) is 16.5 Å². The number of allylic oxidation sites excluding steroid dienone is 1. The Bertz CT molecular complexity index is 1040. The van der Waals surface area contributed by atoms with Crippen molar-refractivity contribution in [2.75, 3.05) is 12.4 Å². The fourth-order valence-corrected chi connectivity index (χ4v) is 6.84. The van der Waals surface area contributed by atoms with Gasteiger partial charge in [0.05, 0.1) is 11.1 Å². The zero-order valence-corrected chi connectivity index (χ0v) is 21.2. The van der Waals surface area contributed by atoms with Crippen molar-refractivity contribution in [1.29, 1.82) is 0 Å². The lowest BCUT2D eigenvalue weighted by Crippen LogP contribution is -2.37. The molecule has 0 N–H and O–H groups in total. The van der Waals surface area contributed by atoms with Crippen LogP contribution in [0.2, 0.25) is 10.0 Å². The maximum Gasteiger partial charge on any atom is 0.407 e. The van der Waals surface area contributed by atoms with Gasteiger partial charge in [0.25, 0.3) is 0 Å². The first-order valence-electron chi connectivity index (χ1n) is 9.21. The standard InChI is InChI=1S/C21H16BrCl2F3O3S2/c1-2-30-19(28)11-32(29)18-4-3-12(5-17(18)22)13-9-20(31-10-13,21(25,26)27)14-6-15(23)8-16(24)7-14/h3-8,10H,2,9,11H2,1H3. The number of benzene rings is 2. The molecule has 3 rings (SSSR count). The molecule has 0 bridgehead atoms. The van der Waals surface area contributed by atoms with Gasteiger partial charge in [0.2, 0.25) is 5.75 Å². The number of thioether (sulfide) groups is 1. The number of carbonyl (C=O) groups is 1. The van der Waals surface area contributed by atoms with Crippen molar-refractivity contribution in [3.63, 3.8) is 0 Å². The van der Waals surface area contributed by atoms with Gasteiger partial charge in [-0.15, -0.1) is 11.8 Å². The first kappa shape index (κ1) is 25.8. The summed E-state index contributed by atoms with van der Waals surface area (Å²) in [6.07, 6.45) is -4.89. The van der Waals surface area contributed by atoms with Gasteiger partial charge in [-0.25, -0.2) is 4.79 Å². The van der Waals surface area contributed by atoms with Gasteiger partial charge in [-0.3, -0.25) is 0 Å². The quantitative estimate of drug-likeness (QED) is 0.262. The minimum Gasteiger partial charge on any atom is -0.611 e. The number of alkyl halides is 3. The molecular weight excluding hydrogens is 572 g/mol. The highest BCUT2D eigenvalue weighted by atomic mass is 79.9. The number of rotatable bonds is 6. The molecule has 1 aliphatic rings. The maximum atomic E-state index is 14.3. The van der Waals surface area contributed by atoms with Crippen molar-refractivity contribution in [2.24, 2.45) is 0 Å². The first-order chi connectivity index (χ1) is 15.0. The van der Waals surface area contributed by atoms with Crippen LogP contribution < -0.4 is 0 Å². The lowest BCUT2D eigenvalue weighted by atomic mass is 9.88. The molecule has 0 aromatic heterocycles. The lowest BCUT2D eigenvalue weighted by molar-refractivity contribution is -0.160. The maximum absolute atomic E-state index is 14.3. The molecule has 0 aliphatic carbocycles. The average Bonchev–Trinajstić information content (AvgIpc) is 3.14. The third-order valence-corrected chi connectivity index (χ3v) is 8.85. The predicted octanol–water partition coefficient (Wildman–Crippen LogP) is 7.36. The largest absolute Gasteiger partial charge is 0.611 e. The van der Waals surface area contributed by atoms with Gasteiger partial charge in [-0.05, 0) is 92.5 Å². The fourth-order valence-electron chi connectivity index (χ4n) is 3.25. The Hall–Kier alpha value is -0.840. The summed E-state index contributed by atoms with van der Waals surface area (Å²) < 4.78 is 58.2. The van der Waals surface area contributed by atoms with E-state index in [-0.39, 0.29) is 34.4 Å². The smallest absolute Gasteiger partial charge is 0.407 e. The SMILES string of the molecule is CCOC(=O)C[S+]([O-])c1ccc(C2=CSC(c3cc(Cl)cc(Cl)c3)(C(F)(F)F)C2)cc1Br. The van der Waals surface area contributed by atoms with E-state index >= 15 is 0 Å². The second-order valence-corrected chi connectivity index (χ2v) is 11.2. The summed E-state index contributed by atoms with van der Waals surface area (Å²) in [6, 6.07) is 8.67. The molecule has 0 amide bonds. The summed E-state index contributed by atoms with van der Waals surface area (Å²) in [7, 11) is 0. The third kappa shape index (κ3) is 5.45. The number of esters is 1. The Kier molecular flexibility index (Phi) is 8.21. The Morgan fingerprint density at radius 3 is 2.47 bits per heavy atom. The van der Waals surface area contributed by atoms with Crippen LogP contribution in [-0.4, -0.2) is 29.1 Å². The van der Waals surface area contributed by atoms with Crippen LogP contribution >= 0.6 is 50.9 Å². The van der Waals surface area contributed by atoms with E-state index in [2.05, 4.69) is 15.9 Å². The van der Waals surface area contributed by atoms with Crippen LogP contribution in [0.1, 0.15) is 24.5 Å². The van der Waals surface area contributed by atoms with Gasteiger partial charge < -0.3 is 9.29 Å². The molecule has 32 heavy (non-hydrogen) atoms. The van der Waals surface area contributed by atoms with Crippen molar-refractivity contribution in [2.45, 2.75) is 29.2 Å². The van der Waals surface area contributed by atoms with E-state index in [1.807, 2.05) is 0 Å². The number of ether oxygens (including phenoxy) is 1. The number of halogens is 6. The molecule has 2 unspecified atom stereocenters. The van der Waals surface area contributed by atoms with Crippen LogP contribution in [0.4, 0.5) is 13.2 Å². The van der Waals surface area contributed by atoms with E-state index < -0.39 is 28.1 Å². The highest BCUT2D eigenvalue weighted by Crippen LogP contribution is 2.60. The molecule has 0 saturated heterocycles.